The lowest BCUT2D eigenvalue weighted by molar-refractivity contribution is 0.0531. The summed E-state index contributed by atoms with van der Waals surface area (Å²) in [6.07, 6.45) is 0. The number of halogens is 2. The van der Waals surface area contributed by atoms with E-state index in [0.717, 1.165) is 0 Å². The maximum Gasteiger partial charge on any atom is 0.258 e. The number of hydrogen-bond acceptors (Lipinski definition) is 3. The number of carbonyl (C=O) groups excluding carboxylic acids is 2. The van der Waals surface area contributed by atoms with Crippen molar-refractivity contribution in [2.45, 2.75) is 0 Å². The monoisotopic (exact) mass is 376 g/mol. The van der Waals surface area contributed by atoms with Crippen molar-refractivity contribution in [3.05, 3.63) is 64.4 Å². The fourth-order valence-corrected chi connectivity index (χ4v) is 3.21. The molecule has 2 aromatic carbocycles. The minimum atomic E-state index is -0.643. The average molecular weight is 377 g/mol. The zero-order valence-corrected chi connectivity index (χ0v) is 15.0. The van der Waals surface area contributed by atoms with E-state index in [9.17, 15) is 14.0 Å². The second-order valence-corrected chi connectivity index (χ2v) is 6.29. The van der Waals surface area contributed by atoms with Gasteiger partial charge in [-0.2, -0.15) is 0 Å². The van der Waals surface area contributed by atoms with E-state index in [-0.39, 0.29) is 16.5 Å². The molecular formula is C19H18ClFN2O3. The molecule has 1 saturated heterocycles. The number of para-hydroxylation sites is 1. The first kappa shape index (κ1) is 18.2. The van der Waals surface area contributed by atoms with E-state index in [4.69, 9.17) is 16.3 Å². The van der Waals surface area contributed by atoms with Crippen LogP contribution in [0.15, 0.2) is 42.5 Å². The quantitative estimate of drug-likeness (QED) is 0.827. The van der Waals surface area contributed by atoms with Crippen molar-refractivity contribution in [3.8, 4) is 5.75 Å². The third kappa shape index (κ3) is 3.51. The zero-order chi connectivity index (χ0) is 18.7. The van der Waals surface area contributed by atoms with E-state index in [0.29, 0.717) is 37.5 Å². The summed E-state index contributed by atoms with van der Waals surface area (Å²) in [5, 5.41) is 0.0857. The smallest absolute Gasteiger partial charge is 0.258 e. The molecule has 0 aromatic heterocycles. The van der Waals surface area contributed by atoms with Gasteiger partial charge in [-0.3, -0.25) is 9.59 Å². The molecule has 0 aliphatic carbocycles. The van der Waals surface area contributed by atoms with E-state index in [1.807, 2.05) is 0 Å². The van der Waals surface area contributed by atoms with Crippen LogP contribution in [0.3, 0.4) is 0 Å². The molecule has 2 aromatic rings. The normalized spacial score (nSPS) is 14.3. The molecule has 0 unspecified atom stereocenters. The van der Waals surface area contributed by atoms with Crippen molar-refractivity contribution in [2.24, 2.45) is 0 Å². The molecule has 1 fully saturated rings. The zero-order valence-electron chi connectivity index (χ0n) is 14.2. The van der Waals surface area contributed by atoms with Crippen LogP contribution < -0.4 is 4.74 Å². The van der Waals surface area contributed by atoms with Crippen molar-refractivity contribution in [1.82, 2.24) is 9.80 Å². The lowest BCUT2D eigenvalue weighted by Crippen LogP contribution is -2.50. The van der Waals surface area contributed by atoms with E-state index in [1.54, 1.807) is 29.2 Å². The van der Waals surface area contributed by atoms with Gasteiger partial charge in [-0.1, -0.05) is 29.8 Å². The van der Waals surface area contributed by atoms with E-state index in [2.05, 4.69) is 0 Å². The number of ether oxygens (including phenoxy) is 1. The summed E-state index contributed by atoms with van der Waals surface area (Å²) in [5.74, 6) is -0.750. The highest BCUT2D eigenvalue weighted by atomic mass is 35.5. The van der Waals surface area contributed by atoms with Crippen LogP contribution >= 0.6 is 11.6 Å². The van der Waals surface area contributed by atoms with Crippen LogP contribution in [-0.4, -0.2) is 54.9 Å². The number of rotatable bonds is 3. The highest BCUT2D eigenvalue weighted by Gasteiger charge is 2.28. The predicted molar refractivity (Wildman–Crippen MR) is 96.2 cm³/mol. The third-order valence-electron chi connectivity index (χ3n) is 4.37. The number of carbonyl (C=O) groups is 2. The Bertz CT molecular complexity index is 815. The molecule has 1 aliphatic heterocycles. The van der Waals surface area contributed by atoms with Gasteiger partial charge in [0.2, 0.25) is 0 Å². The Balaban J connectivity index is 1.69. The molecule has 3 rings (SSSR count). The largest absolute Gasteiger partial charge is 0.496 e. The second kappa shape index (κ2) is 7.74. The second-order valence-electron chi connectivity index (χ2n) is 5.88. The van der Waals surface area contributed by atoms with E-state index >= 15 is 0 Å². The summed E-state index contributed by atoms with van der Waals surface area (Å²) in [4.78, 5) is 28.4. The van der Waals surface area contributed by atoms with Crippen LogP contribution in [0.4, 0.5) is 4.39 Å². The van der Waals surface area contributed by atoms with Crippen LogP contribution in [0.5, 0.6) is 5.75 Å². The van der Waals surface area contributed by atoms with Crippen molar-refractivity contribution < 1.29 is 18.7 Å². The molecule has 7 heteroatoms. The van der Waals surface area contributed by atoms with Gasteiger partial charge >= 0.3 is 0 Å². The Labute approximate surface area is 155 Å². The van der Waals surface area contributed by atoms with E-state index < -0.39 is 11.7 Å². The summed E-state index contributed by atoms with van der Waals surface area (Å²) >= 11 is 5.97. The summed E-state index contributed by atoms with van der Waals surface area (Å²) in [5.41, 5.74) is 0.352. The third-order valence-corrected chi connectivity index (χ3v) is 4.68. The fourth-order valence-electron chi connectivity index (χ4n) is 2.96. The van der Waals surface area contributed by atoms with Gasteiger partial charge in [-0.05, 0) is 24.3 Å². The predicted octanol–water partition coefficient (Wildman–Crippen LogP) is 3.09. The Morgan fingerprint density at radius 3 is 2.19 bits per heavy atom. The Kier molecular flexibility index (Phi) is 5.42. The van der Waals surface area contributed by atoms with Crippen molar-refractivity contribution >= 4 is 23.4 Å². The van der Waals surface area contributed by atoms with Crippen molar-refractivity contribution in [3.63, 3.8) is 0 Å². The van der Waals surface area contributed by atoms with Crippen LogP contribution in [0.1, 0.15) is 20.7 Å². The van der Waals surface area contributed by atoms with Crippen LogP contribution in [0.2, 0.25) is 5.02 Å². The topological polar surface area (TPSA) is 49.9 Å². The molecular weight excluding hydrogens is 359 g/mol. The highest BCUT2D eigenvalue weighted by Crippen LogP contribution is 2.23. The van der Waals surface area contributed by atoms with Gasteiger partial charge in [0.25, 0.3) is 11.8 Å². The molecule has 1 heterocycles. The molecule has 0 atom stereocenters. The SMILES string of the molecule is COc1ccccc1C(=O)N1CCN(C(=O)c2c(F)cccc2Cl)CC1. The van der Waals surface area contributed by atoms with Gasteiger partial charge in [0.15, 0.2) is 0 Å². The first-order valence-electron chi connectivity index (χ1n) is 8.18. The number of hydrogen-bond donors (Lipinski definition) is 0. The molecule has 136 valence electrons. The van der Waals surface area contributed by atoms with E-state index in [1.165, 1.54) is 30.2 Å². The van der Waals surface area contributed by atoms with Gasteiger partial charge in [0.05, 0.1) is 23.3 Å². The van der Waals surface area contributed by atoms with Crippen LogP contribution in [0, 0.1) is 5.82 Å². The van der Waals surface area contributed by atoms with Gasteiger partial charge in [0.1, 0.15) is 11.6 Å². The number of methoxy groups -OCH3 is 1. The molecule has 0 spiro atoms. The highest BCUT2D eigenvalue weighted by molar-refractivity contribution is 6.33. The molecule has 0 bridgehead atoms. The Hall–Kier alpha value is -2.60. The van der Waals surface area contributed by atoms with Crippen LogP contribution in [-0.2, 0) is 0 Å². The maximum absolute atomic E-state index is 14.0. The lowest BCUT2D eigenvalue weighted by Gasteiger charge is -2.35. The fraction of sp³-hybridized carbons (Fsp3) is 0.263. The van der Waals surface area contributed by atoms with Crippen LogP contribution in [0.25, 0.3) is 0 Å². The molecule has 0 radical (unpaired) electrons. The first-order valence-corrected chi connectivity index (χ1v) is 8.56. The number of amides is 2. The molecule has 26 heavy (non-hydrogen) atoms. The summed E-state index contributed by atoms with van der Waals surface area (Å²) < 4.78 is 19.2. The number of benzene rings is 2. The van der Waals surface area contributed by atoms with Gasteiger partial charge in [0, 0.05) is 26.2 Å². The van der Waals surface area contributed by atoms with Gasteiger partial charge in [-0.25, -0.2) is 4.39 Å². The minimum Gasteiger partial charge on any atom is -0.496 e. The van der Waals surface area contributed by atoms with Gasteiger partial charge in [-0.15, -0.1) is 0 Å². The maximum atomic E-state index is 14.0. The standard InChI is InChI=1S/C19H18ClFN2O3/c1-26-16-8-3-2-5-13(16)18(24)22-9-11-23(12-10-22)19(25)17-14(20)6-4-7-15(17)21/h2-8H,9-12H2,1H3. The number of nitrogens with zero attached hydrogens (tertiary/aromatic N) is 2. The number of piperazine rings is 1. The molecule has 0 saturated carbocycles. The molecule has 5 nitrogen and oxygen atoms in total. The molecule has 1 aliphatic rings. The van der Waals surface area contributed by atoms with Crippen molar-refractivity contribution in [2.75, 3.05) is 33.3 Å². The Morgan fingerprint density at radius 1 is 0.962 bits per heavy atom. The van der Waals surface area contributed by atoms with Crippen molar-refractivity contribution in [1.29, 1.82) is 0 Å². The van der Waals surface area contributed by atoms with Gasteiger partial charge < -0.3 is 14.5 Å². The average Bonchev–Trinajstić information content (AvgIpc) is 2.67. The summed E-state index contributed by atoms with van der Waals surface area (Å²) in [6, 6.07) is 11.2. The molecule has 0 N–H and O–H groups in total. The molecule has 2 amide bonds. The summed E-state index contributed by atoms with van der Waals surface area (Å²) in [7, 11) is 1.51. The lowest BCUT2D eigenvalue weighted by atomic mass is 10.1. The minimum absolute atomic E-state index is 0.0857. The summed E-state index contributed by atoms with van der Waals surface area (Å²) in [6.45, 7) is 1.33. The Morgan fingerprint density at radius 2 is 1.58 bits per heavy atom. The first-order chi connectivity index (χ1) is 12.5.